The Morgan fingerprint density at radius 2 is 1.81 bits per heavy atom. The Bertz CT molecular complexity index is 782. The largest absolute Gasteiger partial charge is 0.370 e. The Morgan fingerprint density at radius 3 is 2.52 bits per heavy atom. The van der Waals surface area contributed by atoms with Gasteiger partial charge in [0.2, 0.25) is 5.91 Å². The predicted molar refractivity (Wildman–Crippen MR) is 79.3 cm³/mol. The van der Waals surface area contributed by atoms with E-state index in [-0.39, 0.29) is 6.42 Å². The molecule has 0 fully saturated rings. The first-order valence-electron chi connectivity index (χ1n) is 6.60. The standard InChI is InChI=1S/C16H15N3O2/c17-15(20)10-16(21,12-6-2-1-3-7-12)19-11-18-13-8-4-5-9-14(13)19/h1-9,11,21H,10H2,(H2,17,20). The van der Waals surface area contributed by atoms with Crippen LogP contribution in [-0.4, -0.2) is 20.6 Å². The lowest BCUT2D eigenvalue weighted by atomic mass is 9.98. The van der Waals surface area contributed by atoms with Crippen molar-refractivity contribution in [3.63, 3.8) is 0 Å². The van der Waals surface area contributed by atoms with Crippen LogP contribution >= 0.6 is 0 Å². The molecule has 3 rings (SSSR count). The van der Waals surface area contributed by atoms with Gasteiger partial charge >= 0.3 is 0 Å². The van der Waals surface area contributed by atoms with Gasteiger partial charge in [-0.05, 0) is 12.1 Å². The summed E-state index contributed by atoms with van der Waals surface area (Å²) in [6, 6.07) is 16.4. The van der Waals surface area contributed by atoms with Crippen molar-refractivity contribution in [3.05, 3.63) is 66.5 Å². The zero-order chi connectivity index (χ0) is 14.9. The third-order valence-corrected chi connectivity index (χ3v) is 3.51. The Hall–Kier alpha value is -2.66. The molecule has 21 heavy (non-hydrogen) atoms. The van der Waals surface area contributed by atoms with E-state index in [1.165, 1.54) is 6.33 Å². The van der Waals surface area contributed by atoms with E-state index in [1.54, 1.807) is 28.8 Å². The minimum absolute atomic E-state index is 0.225. The Labute approximate surface area is 121 Å². The molecule has 3 aromatic rings. The summed E-state index contributed by atoms with van der Waals surface area (Å²) in [4.78, 5) is 15.7. The van der Waals surface area contributed by atoms with Crippen LogP contribution in [0.15, 0.2) is 60.9 Å². The van der Waals surface area contributed by atoms with Crippen LogP contribution in [0, 0.1) is 0 Å². The van der Waals surface area contributed by atoms with Gasteiger partial charge in [0.05, 0.1) is 23.8 Å². The summed E-state index contributed by atoms with van der Waals surface area (Å²) in [7, 11) is 0. The number of aromatic nitrogens is 2. The fraction of sp³-hybridized carbons (Fsp3) is 0.125. The Kier molecular flexibility index (Phi) is 3.19. The van der Waals surface area contributed by atoms with Crippen LogP contribution in [0.5, 0.6) is 0 Å². The van der Waals surface area contributed by atoms with Crippen molar-refractivity contribution >= 4 is 16.9 Å². The van der Waals surface area contributed by atoms with Crippen molar-refractivity contribution in [2.24, 2.45) is 5.73 Å². The summed E-state index contributed by atoms with van der Waals surface area (Å²) < 4.78 is 1.59. The number of primary amides is 1. The smallest absolute Gasteiger partial charge is 0.222 e. The van der Waals surface area contributed by atoms with Crippen molar-refractivity contribution in [1.29, 1.82) is 0 Å². The number of hydrogen-bond donors (Lipinski definition) is 2. The quantitative estimate of drug-likeness (QED) is 0.762. The number of nitrogens with two attached hydrogens (primary N) is 1. The lowest BCUT2D eigenvalue weighted by molar-refractivity contribution is -0.124. The van der Waals surface area contributed by atoms with E-state index >= 15 is 0 Å². The van der Waals surface area contributed by atoms with Crippen LogP contribution in [-0.2, 0) is 10.5 Å². The van der Waals surface area contributed by atoms with Crippen molar-refractivity contribution in [2.45, 2.75) is 12.1 Å². The average Bonchev–Trinajstić information content (AvgIpc) is 2.92. The molecule has 0 spiro atoms. The van der Waals surface area contributed by atoms with Crippen LogP contribution in [0.4, 0.5) is 0 Å². The van der Waals surface area contributed by atoms with E-state index in [9.17, 15) is 9.90 Å². The summed E-state index contributed by atoms with van der Waals surface area (Å²) >= 11 is 0. The second-order valence-electron chi connectivity index (χ2n) is 4.93. The molecule has 5 nitrogen and oxygen atoms in total. The number of carbonyl (C=O) groups is 1. The SMILES string of the molecule is NC(=O)CC(O)(c1ccccc1)n1cnc2ccccc21. The molecule has 0 saturated heterocycles. The van der Waals surface area contributed by atoms with Crippen molar-refractivity contribution in [1.82, 2.24) is 9.55 Å². The number of rotatable bonds is 4. The molecular formula is C16H15N3O2. The van der Waals surface area contributed by atoms with Crippen molar-refractivity contribution in [2.75, 3.05) is 0 Å². The zero-order valence-electron chi connectivity index (χ0n) is 11.3. The monoisotopic (exact) mass is 281 g/mol. The average molecular weight is 281 g/mol. The van der Waals surface area contributed by atoms with E-state index < -0.39 is 11.6 Å². The van der Waals surface area contributed by atoms with Crippen LogP contribution in [0.25, 0.3) is 11.0 Å². The Balaban J connectivity index is 2.22. The molecule has 0 radical (unpaired) electrons. The van der Waals surface area contributed by atoms with Gasteiger partial charge in [-0.15, -0.1) is 0 Å². The maximum atomic E-state index is 11.4. The first kappa shape index (κ1) is 13.3. The van der Waals surface area contributed by atoms with Gasteiger partial charge in [-0.25, -0.2) is 4.98 Å². The van der Waals surface area contributed by atoms with E-state index in [0.717, 1.165) is 11.0 Å². The normalized spacial score (nSPS) is 14.0. The third-order valence-electron chi connectivity index (χ3n) is 3.51. The van der Waals surface area contributed by atoms with Crippen LogP contribution in [0.3, 0.4) is 0 Å². The molecule has 3 N–H and O–H groups in total. The molecular weight excluding hydrogens is 266 g/mol. The summed E-state index contributed by atoms with van der Waals surface area (Å²) in [5, 5.41) is 11.1. The number of aliphatic hydroxyl groups is 1. The first-order chi connectivity index (χ1) is 10.1. The molecule has 0 aliphatic carbocycles. The number of fused-ring (bicyclic) bond motifs is 1. The topological polar surface area (TPSA) is 81.1 Å². The second-order valence-corrected chi connectivity index (χ2v) is 4.93. The van der Waals surface area contributed by atoms with E-state index in [4.69, 9.17) is 5.73 Å². The van der Waals surface area contributed by atoms with Crippen LogP contribution in [0.2, 0.25) is 0 Å². The van der Waals surface area contributed by atoms with E-state index in [1.807, 2.05) is 30.3 Å². The molecule has 0 aliphatic heterocycles. The number of amides is 1. The maximum Gasteiger partial charge on any atom is 0.222 e. The summed E-state index contributed by atoms with van der Waals surface area (Å²) in [5.41, 5.74) is 5.86. The van der Waals surface area contributed by atoms with Crippen LogP contribution < -0.4 is 5.73 Å². The lowest BCUT2D eigenvalue weighted by Crippen LogP contribution is -2.38. The molecule has 0 aliphatic rings. The van der Waals surface area contributed by atoms with Gasteiger partial charge in [0.1, 0.15) is 0 Å². The third kappa shape index (κ3) is 2.28. The highest BCUT2D eigenvalue weighted by atomic mass is 16.3. The van der Waals surface area contributed by atoms with Gasteiger partial charge in [-0.1, -0.05) is 42.5 Å². The highest BCUT2D eigenvalue weighted by Crippen LogP contribution is 2.30. The highest BCUT2D eigenvalue weighted by molar-refractivity contribution is 5.78. The molecule has 5 heteroatoms. The van der Waals surface area contributed by atoms with Gasteiger partial charge < -0.3 is 10.8 Å². The summed E-state index contributed by atoms with van der Waals surface area (Å²) in [6.07, 6.45) is 1.30. The van der Waals surface area contributed by atoms with Gasteiger partial charge in [-0.3, -0.25) is 9.36 Å². The number of carbonyl (C=O) groups excluding carboxylic acids is 1. The number of benzene rings is 2. The number of para-hydroxylation sites is 2. The molecule has 0 saturated carbocycles. The predicted octanol–water partition coefficient (Wildman–Crippen LogP) is 1.61. The van der Waals surface area contributed by atoms with Crippen molar-refractivity contribution < 1.29 is 9.90 Å². The molecule has 1 aromatic heterocycles. The lowest BCUT2D eigenvalue weighted by Gasteiger charge is -2.29. The molecule has 0 bridgehead atoms. The summed E-state index contributed by atoms with van der Waals surface area (Å²) in [6.45, 7) is 0. The minimum Gasteiger partial charge on any atom is -0.370 e. The molecule has 1 heterocycles. The minimum atomic E-state index is -1.55. The molecule has 1 unspecified atom stereocenters. The number of nitrogens with zero attached hydrogens (tertiary/aromatic N) is 2. The van der Waals surface area contributed by atoms with Gasteiger partial charge in [-0.2, -0.15) is 0 Å². The maximum absolute atomic E-state index is 11.4. The molecule has 2 aromatic carbocycles. The fourth-order valence-electron chi connectivity index (χ4n) is 2.53. The molecule has 1 amide bonds. The second kappa shape index (κ2) is 5.03. The highest BCUT2D eigenvalue weighted by Gasteiger charge is 2.34. The first-order valence-corrected chi connectivity index (χ1v) is 6.60. The van der Waals surface area contributed by atoms with Gasteiger partial charge in [0.25, 0.3) is 0 Å². The fourth-order valence-corrected chi connectivity index (χ4v) is 2.53. The summed E-state index contributed by atoms with van der Waals surface area (Å²) in [5.74, 6) is -0.584. The van der Waals surface area contributed by atoms with Gasteiger partial charge in [0, 0.05) is 5.56 Å². The van der Waals surface area contributed by atoms with E-state index in [2.05, 4.69) is 4.98 Å². The van der Waals surface area contributed by atoms with Crippen LogP contribution in [0.1, 0.15) is 12.0 Å². The number of imidazole rings is 1. The van der Waals surface area contributed by atoms with Crippen molar-refractivity contribution in [3.8, 4) is 0 Å². The zero-order valence-corrected chi connectivity index (χ0v) is 11.3. The van der Waals surface area contributed by atoms with Gasteiger partial charge in [0.15, 0.2) is 5.72 Å². The number of hydrogen-bond acceptors (Lipinski definition) is 3. The molecule has 106 valence electrons. The van der Waals surface area contributed by atoms with E-state index in [0.29, 0.717) is 5.56 Å². The molecule has 1 atom stereocenters. The Morgan fingerprint density at radius 1 is 1.14 bits per heavy atom.